The smallest absolute Gasteiger partial charge is 0.260 e. The number of amides is 1. The molecule has 0 unspecified atom stereocenters. The fourth-order valence-corrected chi connectivity index (χ4v) is 7.07. The highest BCUT2D eigenvalue weighted by Gasteiger charge is 2.32. The van der Waals surface area contributed by atoms with Crippen LogP contribution in [0.5, 0.6) is 0 Å². The van der Waals surface area contributed by atoms with Crippen LogP contribution in [-0.2, 0) is 14.8 Å². The Morgan fingerprint density at radius 1 is 1.08 bits per heavy atom. The molecular weight excluding hydrogens is 515 g/mol. The first-order valence-corrected chi connectivity index (χ1v) is 14.7. The van der Waals surface area contributed by atoms with Crippen LogP contribution in [0.15, 0.2) is 47.4 Å². The molecule has 2 heterocycles. The number of likely N-dealkylation sites (N-methyl/N-ethyl adjacent to an activating group) is 1. The third-order valence-corrected chi connectivity index (χ3v) is 9.36. The molecular formula is C26H33FN4O4S2. The number of benzene rings is 2. The minimum absolute atomic E-state index is 0.135. The number of nitrogens with zero attached hydrogens (tertiary/aromatic N) is 4. The predicted molar refractivity (Wildman–Crippen MR) is 144 cm³/mol. The number of anilines is 1. The normalized spacial score (nSPS) is 19.0. The Hall–Kier alpha value is -2.44. The molecule has 2 aromatic carbocycles. The van der Waals surface area contributed by atoms with Gasteiger partial charge in [0.25, 0.3) is 5.91 Å². The van der Waals surface area contributed by atoms with E-state index in [2.05, 4.69) is 23.7 Å². The van der Waals surface area contributed by atoms with Gasteiger partial charge in [-0.15, -0.1) is 0 Å². The van der Waals surface area contributed by atoms with Crippen molar-refractivity contribution in [3.8, 4) is 0 Å². The van der Waals surface area contributed by atoms with Crippen molar-refractivity contribution in [1.29, 1.82) is 0 Å². The summed E-state index contributed by atoms with van der Waals surface area (Å²) in [6.07, 6.45) is -0.387. The van der Waals surface area contributed by atoms with Crippen LogP contribution in [0, 0.1) is 5.82 Å². The van der Waals surface area contributed by atoms with Crippen molar-refractivity contribution in [2.45, 2.75) is 44.8 Å². The van der Waals surface area contributed by atoms with E-state index in [9.17, 15) is 17.6 Å². The van der Waals surface area contributed by atoms with Gasteiger partial charge in [0, 0.05) is 31.7 Å². The van der Waals surface area contributed by atoms with Gasteiger partial charge in [0.1, 0.15) is 5.82 Å². The van der Waals surface area contributed by atoms with Gasteiger partial charge in [0.15, 0.2) is 5.13 Å². The molecule has 0 N–H and O–H groups in total. The summed E-state index contributed by atoms with van der Waals surface area (Å²) in [5, 5.41) is 0.478. The van der Waals surface area contributed by atoms with Gasteiger partial charge in [-0.3, -0.25) is 9.69 Å². The molecule has 0 spiro atoms. The summed E-state index contributed by atoms with van der Waals surface area (Å²) in [5.74, 6) is -0.645. The van der Waals surface area contributed by atoms with E-state index in [1.54, 1.807) is 23.1 Å². The van der Waals surface area contributed by atoms with Crippen molar-refractivity contribution in [2.75, 3.05) is 44.2 Å². The largest absolute Gasteiger partial charge is 0.373 e. The minimum atomic E-state index is -3.72. The molecule has 0 bridgehead atoms. The Morgan fingerprint density at radius 3 is 2.35 bits per heavy atom. The van der Waals surface area contributed by atoms with E-state index in [4.69, 9.17) is 4.74 Å². The average molecular weight is 549 g/mol. The fourth-order valence-electron chi connectivity index (χ4n) is 4.47. The van der Waals surface area contributed by atoms with Gasteiger partial charge < -0.3 is 9.64 Å². The number of morpholine rings is 1. The first-order valence-electron chi connectivity index (χ1n) is 12.5. The van der Waals surface area contributed by atoms with Crippen LogP contribution in [0.2, 0.25) is 0 Å². The summed E-state index contributed by atoms with van der Waals surface area (Å²) < 4.78 is 47.9. The van der Waals surface area contributed by atoms with Crippen LogP contribution >= 0.6 is 11.3 Å². The van der Waals surface area contributed by atoms with Gasteiger partial charge in [-0.1, -0.05) is 25.2 Å². The van der Waals surface area contributed by atoms with Gasteiger partial charge in [-0.2, -0.15) is 4.31 Å². The molecule has 1 saturated heterocycles. The van der Waals surface area contributed by atoms with Crippen LogP contribution in [0.25, 0.3) is 10.2 Å². The lowest BCUT2D eigenvalue weighted by Crippen LogP contribution is -2.48. The van der Waals surface area contributed by atoms with Gasteiger partial charge in [-0.05, 0) is 69.4 Å². The average Bonchev–Trinajstić information content (AvgIpc) is 3.28. The van der Waals surface area contributed by atoms with E-state index in [0.717, 1.165) is 13.1 Å². The van der Waals surface area contributed by atoms with Gasteiger partial charge in [0.2, 0.25) is 10.0 Å². The quantitative estimate of drug-likeness (QED) is 0.398. The zero-order chi connectivity index (χ0) is 26.7. The maximum atomic E-state index is 13.8. The molecule has 11 heteroatoms. The summed E-state index contributed by atoms with van der Waals surface area (Å²) >= 11 is 1.26. The Morgan fingerprint density at radius 2 is 1.73 bits per heavy atom. The number of ether oxygens (including phenoxy) is 1. The maximum Gasteiger partial charge on any atom is 0.260 e. The van der Waals surface area contributed by atoms with Gasteiger partial charge in [0.05, 0.1) is 27.3 Å². The second kappa shape index (κ2) is 11.5. The highest BCUT2D eigenvalue weighted by molar-refractivity contribution is 7.89. The number of hydrogen-bond donors (Lipinski definition) is 0. The number of rotatable bonds is 9. The molecule has 1 aliphatic heterocycles. The van der Waals surface area contributed by atoms with Gasteiger partial charge in [-0.25, -0.2) is 17.8 Å². The van der Waals surface area contributed by atoms with Crippen molar-refractivity contribution in [3.63, 3.8) is 0 Å². The highest BCUT2D eigenvalue weighted by Crippen LogP contribution is 2.30. The molecule has 8 nitrogen and oxygen atoms in total. The lowest BCUT2D eigenvalue weighted by atomic mass is 10.2. The summed E-state index contributed by atoms with van der Waals surface area (Å²) in [7, 11) is -3.72. The molecule has 3 aromatic rings. The summed E-state index contributed by atoms with van der Waals surface area (Å²) in [6, 6.07) is 10.4. The van der Waals surface area contributed by atoms with Crippen molar-refractivity contribution in [1.82, 2.24) is 14.2 Å². The zero-order valence-corrected chi connectivity index (χ0v) is 23.2. The Labute approximate surface area is 221 Å². The Bertz CT molecular complexity index is 1330. The molecule has 4 rings (SSSR count). The number of thiazole rings is 1. The fraction of sp³-hybridized carbons (Fsp3) is 0.462. The van der Waals surface area contributed by atoms with Crippen LogP contribution in [0.3, 0.4) is 0 Å². The van der Waals surface area contributed by atoms with Crippen LogP contribution < -0.4 is 4.90 Å². The van der Waals surface area contributed by atoms with Crippen molar-refractivity contribution >= 4 is 42.6 Å². The van der Waals surface area contributed by atoms with E-state index in [1.165, 1.54) is 39.9 Å². The standard InChI is InChI=1S/C26H33FN4O4S2/c1-5-29(6-2)13-14-31(26-28-23-12-9-21(27)15-24(23)36-26)25(32)20-7-10-22(11-8-20)37(33,34)30-16-18(3)35-19(4)17-30/h7-12,15,18-19H,5-6,13-14,16-17H2,1-4H3/t18-,19-/m1/s1. The van der Waals surface area contributed by atoms with Gasteiger partial charge >= 0.3 is 0 Å². The molecule has 0 aliphatic carbocycles. The van der Waals surface area contributed by atoms with Crippen LogP contribution in [0.4, 0.5) is 9.52 Å². The monoisotopic (exact) mass is 548 g/mol. The number of halogens is 1. The number of sulfonamides is 1. The van der Waals surface area contributed by atoms with E-state index >= 15 is 0 Å². The number of fused-ring (bicyclic) bond motifs is 1. The molecule has 0 radical (unpaired) electrons. The summed E-state index contributed by atoms with van der Waals surface area (Å²) in [6.45, 7) is 11.1. The summed E-state index contributed by atoms with van der Waals surface area (Å²) in [5.41, 5.74) is 0.977. The van der Waals surface area contributed by atoms with Crippen molar-refractivity contribution < 1.29 is 22.3 Å². The first kappa shape index (κ1) is 27.6. The summed E-state index contributed by atoms with van der Waals surface area (Å²) in [4.78, 5) is 22.2. The molecule has 1 amide bonds. The molecule has 0 saturated carbocycles. The lowest BCUT2D eigenvalue weighted by Gasteiger charge is -2.34. The predicted octanol–water partition coefficient (Wildman–Crippen LogP) is 4.22. The van der Waals surface area contributed by atoms with Crippen LogP contribution in [0.1, 0.15) is 38.1 Å². The van der Waals surface area contributed by atoms with Crippen LogP contribution in [-0.4, -0.2) is 80.0 Å². The van der Waals surface area contributed by atoms with E-state index in [1.807, 2.05) is 13.8 Å². The molecule has 37 heavy (non-hydrogen) atoms. The number of hydrogen-bond acceptors (Lipinski definition) is 7. The SMILES string of the molecule is CCN(CC)CCN(C(=O)c1ccc(S(=O)(=O)N2C[C@@H](C)O[C@H](C)C2)cc1)c1nc2ccc(F)cc2s1. The number of aromatic nitrogens is 1. The molecule has 200 valence electrons. The second-order valence-electron chi connectivity index (χ2n) is 9.20. The lowest BCUT2D eigenvalue weighted by molar-refractivity contribution is -0.0440. The topological polar surface area (TPSA) is 83.1 Å². The highest BCUT2D eigenvalue weighted by atomic mass is 32.2. The molecule has 1 aliphatic rings. The second-order valence-corrected chi connectivity index (χ2v) is 12.1. The van der Waals surface area contributed by atoms with E-state index in [0.29, 0.717) is 34.0 Å². The van der Waals surface area contributed by atoms with Crippen molar-refractivity contribution in [3.05, 3.63) is 53.8 Å². The molecule has 2 atom stereocenters. The Kier molecular flexibility index (Phi) is 8.59. The third-order valence-electron chi connectivity index (χ3n) is 6.47. The third kappa shape index (κ3) is 6.18. The zero-order valence-electron chi connectivity index (χ0n) is 21.6. The van der Waals surface area contributed by atoms with E-state index < -0.39 is 10.0 Å². The number of carbonyl (C=O) groups is 1. The van der Waals surface area contributed by atoms with E-state index in [-0.39, 0.29) is 41.9 Å². The van der Waals surface area contributed by atoms with Crippen molar-refractivity contribution in [2.24, 2.45) is 0 Å². The minimum Gasteiger partial charge on any atom is -0.373 e. The maximum absolute atomic E-state index is 13.8. The molecule has 1 aromatic heterocycles. The molecule has 1 fully saturated rings. The Balaban J connectivity index is 1.61. The number of carbonyl (C=O) groups excluding carboxylic acids is 1. The first-order chi connectivity index (χ1) is 17.6.